The fraction of sp³-hybridized carbons (Fsp3) is 0.667. The minimum absolute atomic E-state index is 0.271. The monoisotopic (exact) mass is 290 g/mol. The lowest BCUT2D eigenvalue weighted by molar-refractivity contribution is 0.308. The maximum absolute atomic E-state index is 5.84. The van der Waals surface area contributed by atoms with E-state index < -0.39 is 0 Å². The second-order valence-electron chi connectivity index (χ2n) is 6.17. The molecular weight excluding hydrogens is 260 g/mol. The average Bonchev–Trinajstić information content (AvgIpc) is 2.79. The van der Waals surface area contributed by atoms with Crippen LogP contribution < -0.4 is 16.0 Å². The van der Waals surface area contributed by atoms with Crippen LogP contribution in [0.4, 0.5) is 0 Å². The Kier molecular flexibility index (Phi) is 7.04. The number of nitrogens with two attached hydrogens (primary N) is 1. The lowest BCUT2D eigenvalue weighted by atomic mass is 9.87. The zero-order valence-electron chi connectivity index (χ0n) is 13.3. The normalized spacial score (nSPS) is 18.2. The third kappa shape index (κ3) is 5.01. The number of hydrazine groups is 1. The van der Waals surface area contributed by atoms with Crippen molar-refractivity contribution in [3.05, 3.63) is 29.8 Å². The minimum atomic E-state index is 0.271. The van der Waals surface area contributed by atoms with Crippen LogP contribution in [0.1, 0.15) is 69.9 Å². The first-order chi connectivity index (χ1) is 10.3. The predicted octanol–water partition coefficient (Wildman–Crippen LogP) is 4.34. The highest BCUT2D eigenvalue weighted by Crippen LogP contribution is 2.33. The van der Waals surface area contributed by atoms with Crippen LogP contribution in [0.5, 0.6) is 5.75 Å². The number of rotatable bonds is 7. The zero-order chi connectivity index (χ0) is 14.9. The highest BCUT2D eigenvalue weighted by Gasteiger charge is 2.23. The van der Waals surface area contributed by atoms with Gasteiger partial charge in [-0.1, -0.05) is 51.2 Å². The molecule has 3 heteroatoms. The van der Waals surface area contributed by atoms with Gasteiger partial charge in [-0.3, -0.25) is 11.3 Å². The SMILES string of the molecule is CCCCOc1ccc(C(NN)C2CCCCCC2)cc1. The molecule has 0 amide bonds. The predicted molar refractivity (Wildman–Crippen MR) is 88.1 cm³/mol. The first kappa shape index (κ1) is 16.3. The molecule has 2 rings (SSSR count). The Morgan fingerprint density at radius 1 is 1.14 bits per heavy atom. The van der Waals surface area contributed by atoms with Crippen LogP contribution in [0.2, 0.25) is 0 Å². The Morgan fingerprint density at radius 2 is 1.81 bits per heavy atom. The molecule has 0 bridgehead atoms. The van der Waals surface area contributed by atoms with Gasteiger partial charge in [-0.15, -0.1) is 0 Å². The van der Waals surface area contributed by atoms with Gasteiger partial charge in [0.05, 0.1) is 6.61 Å². The van der Waals surface area contributed by atoms with Crippen molar-refractivity contribution in [3.8, 4) is 5.75 Å². The van der Waals surface area contributed by atoms with E-state index in [1.807, 2.05) is 0 Å². The smallest absolute Gasteiger partial charge is 0.119 e. The van der Waals surface area contributed by atoms with E-state index in [2.05, 4.69) is 36.6 Å². The number of hydrogen-bond acceptors (Lipinski definition) is 3. The van der Waals surface area contributed by atoms with E-state index in [9.17, 15) is 0 Å². The fourth-order valence-electron chi connectivity index (χ4n) is 3.25. The van der Waals surface area contributed by atoms with Gasteiger partial charge >= 0.3 is 0 Å². The second-order valence-corrected chi connectivity index (χ2v) is 6.17. The van der Waals surface area contributed by atoms with E-state index in [4.69, 9.17) is 10.6 Å². The molecule has 1 saturated carbocycles. The van der Waals surface area contributed by atoms with Crippen LogP contribution in [0.15, 0.2) is 24.3 Å². The van der Waals surface area contributed by atoms with E-state index in [-0.39, 0.29) is 6.04 Å². The minimum Gasteiger partial charge on any atom is -0.494 e. The fourth-order valence-corrected chi connectivity index (χ4v) is 3.25. The van der Waals surface area contributed by atoms with Crippen molar-refractivity contribution in [3.63, 3.8) is 0 Å². The quantitative estimate of drug-likeness (QED) is 0.340. The molecule has 0 aliphatic heterocycles. The zero-order valence-corrected chi connectivity index (χ0v) is 13.3. The highest BCUT2D eigenvalue weighted by atomic mass is 16.5. The summed E-state index contributed by atoms with van der Waals surface area (Å²) >= 11 is 0. The Balaban J connectivity index is 1.97. The van der Waals surface area contributed by atoms with E-state index in [1.54, 1.807) is 0 Å². The van der Waals surface area contributed by atoms with Gasteiger partial charge in [0.2, 0.25) is 0 Å². The second kappa shape index (κ2) is 9.06. The number of unbranched alkanes of at least 4 members (excludes halogenated alkanes) is 1. The van der Waals surface area contributed by atoms with Crippen molar-refractivity contribution in [2.24, 2.45) is 11.8 Å². The van der Waals surface area contributed by atoms with Gasteiger partial charge in [-0.2, -0.15) is 0 Å². The summed E-state index contributed by atoms with van der Waals surface area (Å²) in [5, 5.41) is 0. The molecule has 0 spiro atoms. The molecule has 1 unspecified atom stereocenters. The molecule has 1 aromatic rings. The first-order valence-corrected chi connectivity index (χ1v) is 8.54. The largest absolute Gasteiger partial charge is 0.494 e. The van der Waals surface area contributed by atoms with E-state index in [0.717, 1.165) is 18.8 Å². The van der Waals surface area contributed by atoms with Crippen molar-refractivity contribution in [2.75, 3.05) is 6.61 Å². The summed E-state index contributed by atoms with van der Waals surface area (Å²) in [5.41, 5.74) is 4.33. The molecule has 1 aliphatic rings. The highest BCUT2D eigenvalue weighted by molar-refractivity contribution is 5.29. The van der Waals surface area contributed by atoms with E-state index >= 15 is 0 Å². The summed E-state index contributed by atoms with van der Waals surface area (Å²) in [7, 11) is 0. The topological polar surface area (TPSA) is 47.3 Å². The molecule has 0 aromatic heterocycles. The van der Waals surface area contributed by atoms with Crippen molar-refractivity contribution < 1.29 is 4.74 Å². The molecule has 21 heavy (non-hydrogen) atoms. The maximum Gasteiger partial charge on any atom is 0.119 e. The van der Waals surface area contributed by atoms with E-state index in [1.165, 1.54) is 50.5 Å². The molecule has 0 saturated heterocycles. The molecule has 1 atom stereocenters. The van der Waals surface area contributed by atoms with Crippen molar-refractivity contribution in [1.29, 1.82) is 0 Å². The number of hydrogen-bond donors (Lipinski definition) is 2. The molecule has 1 fully saturated rings. The van der Waals surface area contributed by atoms with Crippen molar-refractivity contribution >= 4 is 0 Å². The summed E-state index contributed by atoms with van der Waals surface area (Å²) < 4.78 is 5.73. The molecule has 0 radical (unpaired) electrons. The lowest BCUT2D eigenvalue weighted by Gasteiger charge is -2.26. The molecule has 1 aromatic carbocycles. The van der Waals surface area contributed by atoms with Crippen LogP contribution >= 0.6 is 0 Å². The molecule has 3 N–H and O–H groups in total. The van der Waals surface area contributed by atoms with E-state index in [0.29, 0.717) is 5.92 Å². The summed E-state index contributed by atoms with van der Waals surface area (Å²) in [4.78, 5) is 0. The molecule has 3 nitrogen and oxygen atoms in total. The van der Waals surface area contributed by atoms with Gasteiger partial charge in [-0.05, 0) is 42.9 Å². The van der Waals surface area contributed by atoms with Gasteiger partial charge in [0.25, 0.3) is 0 Å². The third-order valence-corrected chi connectivity index (χ3v) is 4.56. The Labute approximate surface area is 129 Å². The van der Waals surface area contributed by atoms with Crippen LogP contribution in [0.3, 0.4) is 0 Å². The lowest BCUT2D eigenvalue weighted by Crippen LogP contribution is -2.33. The van der Waals surface area contributed by atoms with Gasteiger partial charge in [0.1, 0.15) is 5.75 Å². The third-order valence-electron chi connectivity index (χ3n) is 4.56. The number of nitrogens with one attached hydrogen (secondary N) is 1. The summed E-state index contributed by atoms with van der Waals surface area (Å²) in [6.45, 7) is 2.98. The Morgan fingerprint density at radius 3 is 2.38 bits per heavy atom. The summed E-state index contributed by atoms with van der Waals surface area (Å²) in [6, 6.07) is 8.75. The van der Waals surface area contributed by atoms with Crippen molar-refractivity contribution in [1.82, 2.24) is 5.43 Å². The maximum atomic E-state index is 5.84. The molecule has 0 heterocycles. The molecule has 118 valence electrons. The average molecular weight is 290 g/mol. The Hall–Kier alpha value is -1.06. The van der Waals surface area contributed by atoms with Crippen LogP contribution in [-0.2, 0) is 0 Å². The summed E-state index contributed by atoms with van der Waals surface area (Å²) in [5.74, 6) is 7.46. The first-order valence-electron chi connectivity index (χ1n) is 8.54. The number of benzene rings is 1. The van der Waals surface area contributed by atoms with Gasteiger partial charge < -0.3 is 4.74 Å². The van der Waals surface area contributed by atoms with Crippen LogP contribution in [-0.4, -0.2) is 6.61 Å². The molecular formula is C18H30N2O. The summed E-state index contributed by atoms with van der Waals surface area (Å²) in [6.07, 6.45) is 10.3. The number of ether oxygens (including phenoxy) is 1. The van der Waals surface area contributed by atoms with Gasteiger partial charge in [-0.25, -0.2) is 0 Å². The molecule has 1 aliphatic carbocycles. The Bertz CT molecular complexity index is 383. The standard InChI is InChI=1S/C18H30N2O/c1-2-3-14-21-17-12-10-16(11-13-17)18(20-19)15-8-6-4-5-7-9-15/h10-13,15,18,20H,2-9,14,19H2,1H3. The van der Waals surface area contributed by atoms with Crippen LogP contribution in [0, 0.1) is 5.92 Å². The van der Waals surface area contributed by atoms with Crippen LogP contribution in [0.25, 0.3) is 0 Å². The van der Waals surface area contributed by atoms with Gasteiger partial charge in [0.15, 0.2) is 0 Å². The van der Waals surface area contributed by atoms with Gasteiger partial charge in [0, 0.05) is 6.04 Å². The van der Waals surface area contributed by atoms with Crippen molar-refractivity contribution in [2.45, 2.75) is 64.3 Å².